The molecule has 1 atom stereocenters. The van der Waals surface area contributed by atoms with Gasteiger partial charge in [-0.3, -0.25) is 0 Å². The third-order valence-electron chi connectivity index (χ3n) is 3.46. The highest BCUT2D eigenvalue weighted by Gasteiger charge is 2.13. The standard InChI is InChI=1S/C18H21BrClN/c1-13(2)10-18(14-6-4-3-5-7-14)21-12-15-11-16(19)8-9-17(15)20/h3-9,11,13,18,21H,10,12H2,1-2H3. The topological polar surface area (TPSA) is 12.0 Å². The molecule has 2 aromatic rings. The van der Waals surface area contributed by atoms with E-state index in [-0.39, 0.29) is 0 Å². The summed E-state index contributed by atoms with van der Waals surface area (Å²) in [5.41, 5.74) is 2.45. The van der Waals surface area contributed by atoms with Crippen molar-refractivity contribution in [2.45, 2.75) is 32.9 Å². The van der Waals surface area contributed by atoms with Gasteiger partial charge in [-0.25, -0.2) is 0 Å². The first kappa shape index (κ1) is 16.5. The van der Waals surface area contributed by atoms with Gasteiger partial charge in [0.25, 0.3) is 0 Å². The molecule has 1 nitrogen and oxygen atoms in total. The van der Waals surface area contributed by atoms with Gasteiger partial charge in [0.15, 0.2) is 0 Å². The summed E-state index contributed by atoms with van der Waals surface area (Å²) in [6.07, 6.45) is 1.11. The van der Waals surface area contributed by atoms with Crippen LogP contribution in [0.1, 0.15) is 37.4 Å². The Morgan fingerprint density at radius 2 is 1.81 bits per heavy atom. The van der Waals surface area contributed by atoms with Crippen LogP contribution in [0.2, 0.25) is 5.02 Å². The summed E-state index contributed by atoms with van der Waals surface area (Å²) in [5, 5.41) is 4.45. The summed E-state index contributed by atoms with van der Waals surface area (Å²) >= 11 is 9.77. The number of hydrogen-bond donors (Lipinski definition) is 1. The molecule has 3 heteroatoms. The van der Waals surface area contributed by atoms with E-state index in [1.165, 1.54) is 5.56 Å². The van der Waals surface area contributed by atoms with Crippen molar-refractivity contribution in [3.63, 3.8) is 0 Å². The number of benzene rings is 2. The van der Waals surface area contributed by atoms with Crippen LogP contribution >= 0.6 is 27.5 Å². The lowest BCUT2D eigenvalue weighted by Gasteiger charge is -2.21. The van der Waals surface area contributed by atoms with Crippen LogP contribution in [0, 0.1) is 5.92 Å². The third-order valence-corrected chi connectivity index (χ3v) is 4.32. The Hall–Kier alpha value is -0.830. The molecule has 21 heavy (non-hydrogen) atoms. The smallest absolute Gasteiger partial charge is 0.0451 e. The molecule has 0 radical (unpaired) electrons. The molecule has 0 aliphatic heterocycles. The van der Waals surface area contributed by atoms with Crippen molar-refractivity contribution in [3.8, 4) is 0 Å². The predicted octanol–water partition coefficient (Wildman–Crippen LogP) is 5.98. The number of halogens is 2. The molecule has 0 spiro atoms. The predicted molar refractivity (Wildman–Crippen MR) is 94.6 cm³/mol. The van der Waals surface area contributed by atoms with E-state index in [1.54, 1.807) is 0 Å². The Morgan fingerprint density at radius 3 is 2.48 bits per heavy atom. The molecule has 0 fully saturated rings. The average molecular weight is 367 g/mol. The Kier molecular flexibility index (Phi) is 6.28. The molecular weight excluding hydrogens is 346 g/mol. The quantitative estimate of drug-likeness (QED) is 0.663. The van der Waals surface area contributed by atoms with Crippen LogP contribution in [0.3, 0.4) is 0 Å². The van der Waals surface area contributed by atoms with Crippen molar-refractivity contribution >= 4 is 27.5 Å². The average Bonchev–Trinajstić information content (AvgIpc) is 2.47. The van der Waals surface area contributed by atoms with Crippen molar-refractivity contribution in [2.75, 3.05) is 0 Å². The maximum absolute atomic E-state index is 6.27. The van der Waals surface area contributed by atoms with Crippen LogP contribution in [0.4, 0.5) is 0 Å². The second-order valence-corrected chi connectivity index (χ2v) is 7.03. The Morgan fingerprint density at radius 1 is 1.10 bits per heavy atom. The fraction of sp³-hybridized carbons (Fsp3) is 0.333. The molecular formula is C18H21BrClN. The van der Waals surface area contributed by atoms with Crippen LogP contribution < -0.4 is 5.32 Å². The van der Waals surface area contributed by atoms with E-state index in [0.29, 0.717) is 12.0 Å². The second-order valence-electron chi connectivity index (χ2n) is 5.71. The first-order valence-corrected chi connectivity index (χ1v) is 8.45. The van der Waals surface area contributed by atoms with Crippen LogP contribution in [0.25, 0.3) is 0 Å². The van der Waals surface area contributed by atoms with Crippen LogP contribution in [0.15, 0.2) is 53.0 Å². The summed E-state index contributed by atoms with van der Waals surface area (Å²) in [5.74, 6) is 0.640. The lowest BCUT2D eigenvalue weighted by Crippen LogP contribution is -2.22. The number of hydrogen-bond acceptors (Lipinski definition) is 1. The Labute approximate surface area is 140 Å². The molecule has 1 unspecified atom stereocenters. The fourth-order valence-electron chi connectivity index (χ4n) is 2.41. The van der Waals surface area contributed by atoms with Crippen LogP contribution in [-0.4, -0.2) is 0 Å². The van der Waals surface area contributed by atoms with Gasteiger partial charge in [-0.15, -0.1) is 0 Å². The van der Waals surface area contributed by atoms with Gasteiger partial charge < -0.3 is 5.32 Å². The van der Waals surface area contributed by atoms with Gasteiger partial charge in [-0.2, -0.15) is 0 Å². The molecule has 1 N–H and O–H groups in total. The maximum Gasteiger partial charge on any atom is 0.0451 e. The zero-order valence-electron chi connectivity index (χ0n) is 12.4. The minimum atomic E-state index is 0.348. The van der Waals surface area contributed by atoms with Crippen molar-refractivity contribution in [3.05, 3.63) is 69.2 Å². The fourth-order valence-corrected chi connectivity index (χ4v) is 3.00. The minimum Gasteiger partial charge on any atom is -0.306 e. The normalized spacial score (nSPS) is 12.6. The molecule has 0 aliphatic carbocycles. The first-order valence-electron chi connectivity index (χ1n) is 7.28. The lowest BCUT2D eigenvalue weighted by atomic mass is 9.97. The molecule has 0 aliphatic rings. The highest BCUT2D eigenvalue weighted by Crippen LogP contribution is 2.24. The number of rotatable bonds is 6. The maximum atomic E-state index is 6.27. The molecule has 0 saturated heterocycles. The van der Waals surface area contributed by atoms with Crippen molar-refractivity contribution in [2.24, 2.45) is 5.92 Å². The van der Waals surface area contributed by atoms with Gasteiger partial charge in [-0.1, -0.05) is 71.7 Å². The molecule has 0 aromatic heterocycles. The van der Waals surface area contributed by atoms with Gasteiger partial charge in [0.05, 0.1) is 0 Å². The zero-order valence-corrected chi connectivity index (χ0v) is 14.8. The number of nitrogens with one attached hydrogen (secondary N) is 1. The third kappa shape index (κ3) is 5.14. The van der Waals surface area contributed by atoms with E-state index in [0.717, 1.165) is 28.0 Å². The van der Waals surface area contributed by atoms with E-state index < -0.39 is 0 Å². The van der Waals surface area contributed by atoms with Gasteiger partial charge >= 0.3 is 0 Å². The largest absolute Gasteiger partial charge is 0.306 e. The van der Waals surface area contributed by atoms with E-state index >= 15 is 0 Å². The molecule has 2 rings (SSSR count). The van der Waals surface area contributed by atoms with Gasteiger partial charge in [0.1, 0.15) is 0 Å². The zero-order chi connectivity index (χ0) is 15.2. The molecule has 0 saturated carbocycles. The summed E-state index contributed by atoms with van der Waals surface area (Å²) in [4.78, 5) is 0. The SMILES string of the molecule is CC(C)CC(NCc1cc(Br)ccc1Cl)c1ccccc1. The van der Waals surface area contributed by atoms with E-state index in [2.05, 4.69) is 71.5 Å². The summed E-state index contributed by atoms with van der Waals surface area (Å²) in [7, 11) is 0. The molecule has 0 bridgehead atoms. The van der Waals surface area contributed by atoms with Gasteiger partial charge in [0, 0.05) is 22.1 Å². The Bertz CT molecular complexity index is 569. The van der Waals surface area contributed by atoms with Gasteiger partial charge in [-0.05, 0) is 41.7 Å². The highest BCUT2D eigenvalue weighted by molar-refractivity contribution is 9.10. The summed E-state index contributed by atoms with van der Waals surface area (Å²) in [6.45, 7) is 5.28. The van der Waals surface area contributed by atoms with Gasteiger partial charge in [0.2, 0.25) is 0 Å². The second kappa shape index (κ2) is 7.98. The molecule has 2 aromatic carbocycles. The van der Waals surface area contributed by atoms with Crippen LogP contribution in [-0.2, 0) is 6.54 Å². The monoisotopic (exact) mass is 365 g/mol. The molecule has 112 valence electrons. The van der Waals surface area contributed by atoms with E-state index in [4.69, 9.17) is 11.6 Å². The minimum absolute atomic E-state index is 0.348. The van der Waals surface area contributed by atoms with E-state index in [1.807, 2.05) is 12.1 Å². The van der Waals surface area contributed by atoms with Crippen LogP contribution in [0.5, 0.6) is 0 Å². The first-order chi connectivity index (χ1) is 10.1. The van der Waals surface area contributed by atoms with Crippen molar-refractivity contribution in [1.82, 2.24) is 5.32 Å². The lowest BCUT2D eigenvalue weighted by molar-refractivity contribution is 0.428. The summed E-state index contributed by atoms with van der Waals surface area (Å²) in [6, 6.07) is 16.9. The van der Waals surface area contributed by atoms with Crippen molar-refractivity contribution < 1.29 is 0 Å². The van der Waals surface area contributed by atoms with E-state index in [9.17, 15) is 0 Å². The molecule has 0 amide bonds. The molecule has 0 heterocycles. The van der Waals surface area contributed by atoms with Crippen molar-refractivity contribution in [1.29, 1.82) is 0 Å². The summed E-state index contributed by atoms with van der Waals surface area (Å²) < 4.78 is 1.06. The Balaban J connectivity index is 2.10. The highest BCUT2D eigenvalue weighted by atomic mass is 79.9.